The molecule has 0 aromatic rings. The molecule has 6 heteroatoms. The van der Waals surface area contributed by atoms with Crippen molar-refractivity contribution in [2.45, 2.75) is 39.2 Å². The van der Waals surface area contributed by atoms with E-state index in [1.54, 1.807) is 0 Å². The van der Waals surface area contributed by atoms with Crippen LogP contribution in [0.4, 0.5) is 4.79 Å². The van der Waals surface area contributed by atoms with Gasteiger partial charge >= 0.3 is 12.0 Å². The lowest BCUT2D eigenvalue weighted by molar-refractivity contribution is -0.143. The summed E-state index contributed by atoms with van der Waals surface area (Å²) in [6.45, 7) is 5.22. The number of likely N-dealkylation sites (N-methyl/N-ethyl adjacent to an activating group) is 1. The van der Waals surface area contributed by atoms with Crippen molar-refractivity contribution in [1.82, 2.24) is 15.5 Å². The summed E-state index contributed by atoms with van der Waals surface area (Å²) in [6.07, 6.45) is 2.20. The van der Waals surface area contributed by atoms with E-state index in [2.05, 4.69) is 24.5 Å². The van der Waals surface area contributed by atoms with Crippen molar-refractivity contribution in [3.63, 3.8) is 0 Å². The number of aliphatic carboxylic acids is 1. The highest BCUT2D eigenvalue weighted by Gasteiger charge is 2.50. The summed E-state index contributed by atoms with van der Waals surface area (Å²) < 4.78 is 0. The van der Waals surface area contributed by atoms with Crippen LogP contribution in [0.2, 0.25) is 0 Å². The first kappa shape index (κ1) is 16.8. The van der Waals surface area contributed by atoms with Crippen molar-refractivity contribution in [1.29, 1.82) is 0 Å². The first-order chi connectivity index (χ1) is 9.25. The van der Waals surface area contributed by atoms with Crippen molar-refractivity contribution in [3.8, 4) is 0 Å². The lowest BCUT2D eigenvalue weighted by Gasteiger charge is -2.24. The monoisotopic (exact) mass is 285 g/mol. The molecule has 1 unspecified atom stereocenters. The number of carbonyl (C=O) groups excluding carboxylic acids is 1. The predicted molar refractivity (Wildman–Crippen MR) is 77.6 cm³/mol. The number of carboxylic acids is 1. The number of nitrogens with zero attached hydrogens (tertiary/aromatic N) is 1. The maximum absolute atomic E-state index is 11.9. The molecule has 1 aliphatic rings. The van der Waals surface area contributed by atoms with Crippen LogP contribution in [-0.2, 0) is 4.79 Å². The fourth-order valence-electron chi connectivity index (χ4n) is 2.29. The van der Waals surface area contributed by atoms with Gasteiger partial charge in [-0.25, -0.2) is 4.79 Å². The minimum Gasteiger partial charge on any atom is -0.481 e. The van der Waals surface area contributed by atoms with E-state index in [0.29, 0.717) is 18.8 Å². The topological polar surface area (TPSA) is 81.7 Å². The average molecular weight is 285 g/mol. The smallest absolute Gasteiger partial charge is 0.315 e. The molecular formula is C14H27N3O3. The molecule has 0 heterocycles. The highest BCUT2D eigenvalue weighted by molar-refractivity contribution is 5.80. The molecule has 0 saturated heterocycles. The van der Waals surface area contributed by atoms with Gasteiger partial charge < -0.3 is 20.6 Å². The second-order valence-electron chi connectivity index (χ2n) is 6.50. The summed E-state index contributed by atoms with van der Waals surface area (Å²) in [7, 11) is 3.94. The lowest BCUT2D eigenvalue weighted by atomic mass is 10.0. The Balaban J connectivity index is 2.39. The van der Waals surface area contributed by atoms with E-state index in [1.807, 2.05) is 19.0 Å². The van der Waals surface area contributed by atoms with Crippen molar-refractivity contribution in [3.05, 3.63) is 0 Å². The molecule has 1 aliphatic carbocycles. The third-order valence-corrected chi connectivity index (χ3v) is 3.57. The number of rotatable bonds is 8. The van der Waals surface area contributed by atoms with E-state index in [4.69, 9.17) is 5.11 Å². The SMILES string of the molecule is CC(C)CC(CN(C)C)NC(=O)NCC1(C(=O)O)CC1. The molecule has 0 aromatic heterocycles. The number of hydrogen-bond donors (Lipinski definition) is 3. The molecule has 6 nitrogen and oxygen atoms in total. The standard InChI is InChI=1S/C14H27N3O3/c1-10(2)7-11(8-17(3)4)16-13(20)15-9-14(5-6-14)12(18)19/h10-11H,5-9H2,1-4H3,(H,18,19)(H2,15,16,20). The van der Waals surface area contributed by atoms with Gasteiger partial charge in [0.15, 0.2) is 0 Å². The van der Waals surface area contributed by atoms with Gasteiger partial charge in [-0.15, -0.1) is 0 Å². The van der Waals surface area contributed by atoms with Crippen LogP contribution >= 0.6 is 0 Å². The zero-order valence-corrected chi connectivity index (χ0v) is 12.9. The Bertz CT molecular complexity index is 342. The van der Waals surface area contributed by atoms with Crippen LogP contribution in [0.1, 0.15) is 33.1 Å². The van der Waals surface area contributed by atoms with Crippen molar-refractivity contribution < 1.29 is 14.7 Å². The van der Waals surface area contributed by atoms with Crippen LogP contribution in [-0.4, -0.2) is 55.2 Å². The molecule has 2 amide bonds. The van der Waals surface area contributed by atoms with Gasteiger partial charge in [-0.3, -0.25) is 4.79 Å². The largest absolute Gasteiger partial charge is 0.481 e. The van der Waals surface area contributed by atoms with E-state index in [1.165, 1.54) is 0 Å². The zero-order valence-electron chi connectivity index (χ0n) is 12.9. The maximum Gasteiger partial charge on any atom is 0.315 e. The Hall–Kier alpha value is -1.30. The number of nitrogens with one attached hydrogen (secondary N) is 2. The molecule has 0 aliphatic heterocycles. The molecule has 20 heavy (non-hydrogen) atoms. The molecule has 0 radical (unpaired) electrons. The quantitative estimate of drug-likeness (QED) is 0.624. The molecule has 0 aromatic carbocycles. The number of carbonyl (C=O) groups is 2. The minimum atomic E-state index is -0.815. The van der Waals surface area contributed by atoms with Gasteiger partial charge in [0.2, 0.25) is 0 Å². The third kappa shape index (κ3) is 5.36. The highest BCUT2D eigenvalue weighted by atomic mass is 16.4. The molecule has 1 saturated carbocycles. The van der Waals surface area contributed by atoms with E-state index < -0.39 is 11.4 Å². The van der Waals surface area contributed by atoms with Crippen molar-refractivity contribution >= 4 is 12.0 Å². The highest BCUT2D eigenvalue weighted by Crippen LogP contribution is 2.45. The van der Waals surface area contributed by atoms with Gasteiger partial charge in [-0.2, -0.15) is 0 Å². The molecule has 116 valence electrons. The molecular weight excluding hydrogens is 258 g/mol. The Kier molecular flexibility index (Phi) is 5.80. The number of amides is 2. The molecule has 0 spiro atoms. The Labute approximate surface area is 120 Å². The van der Waals surface area contributed by atoms with Crippen LogP contribution in [0.5, 0.6) is 0 Å². The zero-order chi connectivity index (χ0) is 15.3. The van der Waals surface area contributed by atoms with Gasteiger partial charge in [0, 0.05) is 19.1 Å². The summed E-state index contributed by atoms with van der Waals surface area (Å²) in [5.74, 6) is -0.320. The van der Waals surface area contributed by atoms with E-state index >= 15 is 0 Å². The molecule has 1 rings (SSSR count). The maximum atomic E-state index is 11.9. The van der Waals surface area contributed by atoms with E-state index in [-0.39, 0.29) is 18.6 Å². The van der Waals surface area contributed by atoms with Crippen molar-refractivity contribution in [2.24, 2.45) is 11.3 Å². The third-order valence-electron chi connectivity index (χ3n) is 3.57. The normalized spacial score (nSPS) is 17.9. The fraction of sp³-hybridized carbons (Fsp3) is 0.857. The van der Waals surface area contributed by atoms with Crippen LogP contribution in [0.15, 0.2) is 0 Å². The summed E-state index contributed by atoms with van der Waals surface area (Å²) in [6, 6.07) is -0.199. The second kappa shape index (κ2) is 6.92. The predicted octanol–water partition coefficient (Wildman–Crippen LogP) is 1.13. The number of carboxylic acid groups (broad SMARTS) is 1. The van der Waals surface area contributed by atoms with Crippen molar-refractivity contribution in [2.75, 3.05) is 27.2 Å². The molecule has 3 N–H and O–H groups in total. The van der Waals surface area contributed by atoms with E-state index in [9.17, 15) is 9.59 Å². The van der Waals surface area contributed by atoms with Crippen LogP contribution in [0.3, 0.4) is 0 Å². The summed E-state index contributed by atoms with van der Waals surface area (Å²) in [5, 5.41) is 14.7. The van der Waals surface area contributed by atoms with Gasteiger partial charge in [-0.05, 0) is 39.3 Å². The Morgan fingerprint density at radius 1 is 1.30 bits per heavy atom. The summed E-state index contributed by atoms with van der Waals surface area (Å²) in [5.41, 5.74) is -0.716. The van der Waals surface area contributed by atoms with Crippen LogP contribution < -0.4 is 10.6 Å². The number of hydrogen-bond acceptors (Lipinski definition) is 3. The van der Waals surface area contributed by atoms with E-state index in [0.717, 1.165) is 13.0 Å². The molecule has 0 bridgehead atoms. The Morgan fingerprint density at radius 2 is 1.90 bits per heavy atom. The van der Waals surface area contributed by atoms with Gasteiger partial charge in [0.25, 0.3) is 0 Å². The fourth-order valence-corrected chi connectivity index (χ4v) is 2.29. The second-order valence-corrected chi connectivity index (χ2v) is 6.50. The first-order valence-electron chi connectivity index (χ1n) is 7.17. The van der Waals surface area contributed by atoms with Crippen LogP contribution in [0.25, 0.3) is 0 Å². The van der Waals surface area contributed by atoms with Gasteiger partial charge in [0.05, 0.1) is 5.41 Å². The first-order valence-corrected chi connectivity index (χ1v) is 7.17. The van der Waals surface area contributed by atoms with Gasteiger partial charge in [-0.1, -0.05) is 13.8 Å². The van der Waals surface area contributed by atoms with Gasteiger partial charge in [0.1, 0.15) is 0 Å². The summed E-state index contributed by atoms with van der Waals surface area (Å²) in [4.78, 5) is 24.9. The van der Waals surface area contributed by atoms with Crippen LogP contribution in [0, 0.1) is 11.3 Å². The Morgan fingerprint density at radius 3 is 2.30 bits per heavy atom. The molecule has 1 fully saturated rings. The number of urea groups is 1. The minimum absolute atomic E-state index is 0.0741. The average Bonchev–Trinajstić information content (AvgIpc) is 3.05. The summed E-state index contributed by atoms with van der Waals surface area (Å²) >= 11 is 0. The molecule has 1 atom stereocenters. The lowest BCUT2D eigenvalue weighted by Crippen LogP contribution is -2.48.